The van der Waals surface area contributed by atoms with E-state index < -0.39 is 0 Å². The molecule has 0 unspecified atom stereocenters. The minimum Gasteiger partial charge on any atom is -0.388 e. The van der Waals surface area contributed by atoms with Crippen molar-refractivity contribution >= 4 is 5.84 Å². The number of hydrogen-bond acceptors (Lipinski definition) is 3. The standard InChI is InChI=1S/C15H18N4/c1-10-6-13(8-18-12(3)16)9-19-15(10)14-4-5-17-11(2)7-14/h4-7,9H,8H2,1-3H3,(H2,16,18). The predicted octanol–water partition coefficient (Wildman–Crippen LogP) is 2.64. The van der Waals surface area contributed by atoms with Crippen LogP contribution < -0.4 is 5.73 Å². The maximum absolute atomic E-state index is 5.54. The average molecular weight is 254 g/mol. The molecule has 2 aromatic heterocycles. The van der Waals surface area contributed by atoms with Gasteiger partial charge in [-0.25, -0.2) is 0 Å². The molecule has 2 heterocycles. The van der Waals surface area contributed by atoms with E-state index in [4.69, 9.17) is 5.73 Å². The smallest absolute Gasteiger partial charge is 0.0909 e. The van der Waals surface area contributed by atoms with Crippen LogP contribution in [0.25, 0.3) is 11.3 Å². The van der Waals surface area contributed by atoms with E-state index in [1.807, 2.05) is 31.5 Å². The van der Waals surface area contributed by atoms with Gasteiger partial charge >= 0.3 is 0 Å². The average Bonchev–Trinajstić information content (AvgIpc) is 2.36. The summed E-state index contributed by atoms with van der Waals surface area (Å²) in [7, 11) is 0. The monoisotopic (exact) mass is 254 g/mol. The van der Waals surface area contributed by atoms with Crippen molar-refractivity contribution in [3.8, 4) is 11.3 Å². The largest absolute Gasteiger partial charge is 0.388 e. The van der Waals surface area contributed by atoms with Gasteiger partial charge in [0.1, 0.15) is 0 Å². The number of nitrogens with zero attached hydrogens (tertiary/aromatic N) is 3. The molecule has 0 aliphatic heterocycles. The fourth-order valence-corrected chi connectivity index (χ4v) is 1.93. The maximum atomic E-state index is 5.54. The van der Waals surface area contributed by atoms with E-state index in [-0.39, 0.29) is 0 Å². The predicted molar refractivity (Wildman–Crippen MR) is 77.9 cm³/mol. The molecular formula is C15H18N4. The molecule has 0 saturated carbocycles. The lowest BCUT2D eigenvalue weighted by molar-refractivity contribution is 1.03. The first kappa shape index (κ1) is 13.2. The second kappa shape index (κ2) is 5.61. The summed E-state index contributed by atoms with van der Waals surface area (Å²) in [5.41, 5.74) is 10.8. The molecule has 0 spiro atoms. The van der Waals surface area contributed by atoms with E-state index in [1.165, 1.54) is 0 Å². The van der Waals surface area contributed by atoms with Crippen LogP contribution in [0.2, 0.25) is 0 Å². The summed E-state index contributed by atoms with van der Waals surface area (Å²) in [6.07, 6.45) is 3.66. The van der Waals surface area contributed by atoms with Gasteiger partial charge in [-0.3, -0.25) is 15.0 Å². The molecule has 0 aromatic carbocycles. The highest BCUT2D eigenvalue weighted by atomic mass is 14.8. The topological polar surface area (TPSA) is 64.2 Å². The highest BCUT2D eigenvalue weighted by Gasteiger charge is 2.05. The quantitative estimate of drug-likeness (QED) is 0.676. The van der Waals surface area contributed by atoms with Crippen molar-refractivity contribution in [3.63, 3.8) is 0 Å². The van der Waals surface area contributed by atoms with Crippen molar-refractivity contribution in [2.75, 3.05) is 0 Å². The number of aryl methyl sites for hydroxylation is 2. The highest BCUT2D eigenvalue weighted by Crippen LogP contribution is 2.21. The maximum Gasteiger partial charge on any atom is 0.0909 e. The van der Waals surface area contributed by atoms with Gasteiger partial charge in [-0.1, -0.05) is 6.07 Å². The van der Waals surface area contributed by atoms with Gasteiger partial charge in [-0.15, -0.1) is 0 Å². The first-order valence-electron chi connectivity index (χ1n) is 6.21. The minimum absolute atomic E-state index is 0.575. The minimum atomic E-state index is 0.575. The summed E-state index contributed by atoms with van der Waals surface area (Å²) in [6.45, 7) is 6.40. The SMILES string of the molecule is CC(N)=NCc1cnc(-c2ccnc(C)c2)c(C)c1. The third kappa shape index (κ3) is 3.37. The van der Waals surface area contributed by atoms with Crippen molar-refractivity contribution in [1.82, 2.24) is 9.97 Å². The number of nitrogens with two attached hydrogens (primary N) is 1. The lowest BCUT2D eigenvalue weighted by Crippen LogP contribution is -2.05. The Morgan fingerprint density at radius 2 is 2.05 bits per heavy atom. The molecule has 0 atom stereocenters. The molecule has 2 aromatic rings. The fraction of sp³-hybridized carbons (Fsp3) is 0.267. The van der Waals surface area contributed by atoms with Gasteiger partial charge in [-0.05, 0) is 44.0 Å². The zero-order chi connectivity index (χ0) is 13.8. The summed E-state index contributed by atoms with van der Waals surface area (Å²) < 4.78 is 0. The molecule has 4 heteroatoms. The molecule has 2 N–H and O–H groups in total. The van der Waals surface area contributed by atoms with Gasteiger partial charge in [-0.2, -0.15) is 0 Å². The van der Waals surface area contributed by atoms with Crippen molar-refractivity contribution in [2.45, 2.75) is 27.3 Å². The Morgan fingerprint density at radius 1 is 1.26 bits per heavy atom. The Morgan fingerprint density at radius 3 is 2.68 bits per heavy atom. The van der Waals surface area contributed by atoms with Crippen LogP contribution in [0.15, 0.2) is 35.6 Å². The summed E-state index contributed by atoms with van der Waals surface area (Å²) in [4.78, 5) is 12.9. The van der Waals surface area contributed by atoms with Crippen LogP contribution in [-0.4, -0.2) is 15.8 Å². The molecule has 0 amide bonds. The molecule has 0 aliphatic rings. The highest BCUT2D eigenvalue weighted by molar-refractivity contribution is 5.77. The van der Waals surface area contributed by atoms with E-state index in [0.29, 0.717) is 12.4 Å². The van der Waals surface area contributed by atoms with E-state index in [2.05, 4.69) is 28.0 Å². The Hall–Kier alpha value is -2.23. The molecule has 0 bridgehead atoms. The normalized spacial score (nSPS) is 11.6. The van der Waals surface area contributed by atoms with Gasteiger partial charge in [0, 0.05) is 23.7 Å². The zero-order valence-electron chi connectivity index (χ0n) is 11.5. The second-order valence-electron chi connectivity index (χ2n) is 4.65. The number of rotatable bonds is 3. The fourth-order valence-electron chi connectivity index (χ4n) is 1.93. The van der Waals surface area contributed by atoms with Gasteiger partial charge in [0.25, 0.3) is 0 Å². The molecule has 0 fully saturated rings. The van der Waals surface area contributed by atoms with E-state index >= 15 is 0 Å². The first-order valence-corrected chi connectivity index (χ1v) is 6.21. The van der Waals surface area contributed by atoms with Gasteiger partial charge in [0.2, 0.25) is 0 Å². The Bertz CT molecular complexity index is 613. The number of aliphatic imine (C=N–C) groups is 1. The number of hydrogen-bond donors (Lipinski definition) is 1. The lowest BCUT2D eigenvalue weighted by Gasteiger charge is -2.07. The molecule has 4 nitrogen and oxygen atoms in total. The van der Waals surface area contributed by atoms with Crippen LogP contribution in [0.5, 0.6) is 0 Å². The van der Waals surface area contributed by atoms with Crippen molar-refractivity contribution in [3.05, 3.63) is 47.4 Å². The Balaban J connectivity index is 2.32. The van der Waals surface area contributed by atoms with Crippen LogP contribution in [0.3, 0.4) is 0 Å². The molecule has 2 rings (SSSR count). The van der Waals surface area contributed by atoms with Crippen molar-refractivity contribution in [2.24, 2.45) is 10.7 Å². The third-order valence-corrected chi connectivity index (χ3v) is 2.82. The third-order valence-electron chi connectivity index (χ3n) is 2.82. The Labute approximate surface area is 113 Å². The Kier molecular flexibility index (Phi) is 3.90. The van der Waals surface area contributed by atoms with Crippen LogP contribution in [0.1, 0.15) is 23.7 Å². The van der Waals surface area contributed by atoms with Gasteiger partial charge in [0.05, 0.1) is 18.1 Å². The first-order chi connectivity index (χ1) is 9.06. The second-order valence-corrected chi connectivity index (χ2v) is 4.65. The summed E-state index contributed by atoms with van der Waals surface area (Å²) in [5.74, 6) is 0.589. The van der Waals surface area contributed by atoms with Crippen LogP contribution >= 0.6 is 0 Å². The van der Waals surface area contributed by atoms with E-state index in [1.54, 1.807) is 6.92 Å². The number of amidine groups is 1. The lowest BCUT2D eigenvalue weighted by atomic mass is 10.1. The molecular weight excluding hydrogens is 236 g/mol. The van der Waals surface area contributed by atoms with Crippen molar-refractivity contribution in [1.29, 1.82) is 0 Å². The zero-order valence-corrected chi connectivity index (χ0v) is 11.5. The number of aromatic nitrogens is 2. The molecule has 98 valence electrons. The molecule has 0 aliphatic carbocycles. The van der Waals surface area contributed by atoms with Crippen LogP contribution in [-0.2, 0) is 6.54 Å². The summed E-state index contributed by atoms with van der Waals surface area (Å²) >= 11 is 0. The summed E-state index contributed by atoms with van der Waals surface area (Å²) in [5, 5.41) is 0. The van der Waals surface area contributed by atoms with E-state index in [9.17, 15) is 0 Å². The van der Waals surface area contributed by atoms with Gasteiger partial charge in [0.15, 0.2) is 0 Å². The van der Waals surface area contributed by atoms with Crippen LogP contribution in [0, 0.1) is 13.8 Å². The van der Waals surface area contributed by atoms with Gasteiger partial charge < -0.3 is 5.73 Å². The van der Waals surface area contributed by atoms with Crippen LogP contribution in [0.4, 0.5) is 0 Å². The molecule has 0 radical (unpaired) electrons. The molecule has 19 heavy (non-hydrogen) atoms. The van der Waals surface area contributed by atoms with E-state index in [0.717, 1.165) is 28.1 Å². The summed E-state index contributed by atoms with van der Waals surface area (Å²) in [6, 6.07) is 6.12. The molecule has 0 saturated heterocycles. The van der Waals surface area contributed by atoms with Crippen molar-refractivity contribution < 1.29 is 0 Å². The number of pyridine rings is 2.